The van der Waals surface area contributed by atoms with Crippen LogP contribution in [-0.4, -0.2) is 47.4 Å². The fraction of sp³-hybridized carbons (Fsp3) is 0.846. The standard InChI is InChI=1S/C13H23N3O2/c1-2-10-9-16(7-5-12(10)15-18)8-6-13(17)14-11-3-4-11/h10-11,18H,2-9H2,1H3,(H,14,17). The number of likely N-dealkylation sites (tertiary alicyclic amines) is 1. The van der Waals surface area contributed by atoms with Crippen LogP contribution in [-0.2, 0) is 4.79 Å². The molecular formula is C13H23N3O2. The summed E-state index contributed by atoms with van der Waals surface area (Å²) in [6.07, 6.45) is 4.68. The van der Waals surface area contributed by atoms with E-state index < -0.39 is 0 Å². The summed E-state index contributed by atoms with van der Waals surface area (Å²) in [6.45, 7) is 4.73. The molecule has 1 saturated carbocycles. The molecule has 18 heavy (non-hydrogen) atoms. The van der Waals surface area contributed by atoms with Crippen molar-refractivity contribution in [1.29, 1.82) is 0 Å². The van der Waals surface area contributed by atoms with Crippen LogP contribution in [0.4, 0.5) is 0 Å². The first kappa shape index (κ1) is 13.3. The molecule has 0 aromatic heterocycles. The lowest BCUT2D eigenvalue weighted by Gasteiger charge is -2.32. The smallest absolute Gasteiger partial charge is 0.221 e. The summed E-state index contributed by atoms with van der Waals surface area (Å²) < 4.78 is 0. The zero-order valence-corrected chi connectivity index (χ0v) is 11.1. The fourth-order valence-electron chi connectivity index (χ4n) is 2.47. The SMILES string of the molecule is CCC1CN(CCC(=O)NC2CC2)CCC1=NO. The number of hydrogen-bond donors (Lipinski definition) is 2. The van der Waals surface area contributed by atoms with Crippen molar-refractivity contribution in [3.8, 4) is 0 Å². The first-order chi connectivity index (χ1) is 8.72. The van der Waals surface area contributed by atoms with Gasteiger partial charge in [-0.25, -0.2) is 0 Å². The van der Waals surface area contributed by atoms with Gasteiger partial charge in [0.25, 0.3) is 0 Å². The molecule has 1 unspecified atom stereocenters. The maximum Gasteiger partial charge on any atom is 0.221 e. The zero-order chi connectivity index (χ0) is 13.0. The summed E-state index contributed by atoms with van der Waals surface area (Å²) in [5.41, 5.74) is 0.913. The van der Waals surface area contributed by atoms with Crippen LogP contribution in [0.2, 0.25) is 0 Å². The van der Waals surface area contributed by atoms with Crippen molar-refractivity contribution in [1.82, 2.24) is 10.2 Å². The van der Waals surface area contributed by atoms with Gasteiger partial charge in [0.2, 0.25) is 5.91 Å². The van der Waals surface area contributed by atoms with E-state index >= 15 is 0 Å². The highest BCUT2D eigenvalue weighted by atomic mass is 16.4. The van der Waals surface area contributed by atoms with Crippen molar-refractivity contribution in [3.05, 3.63) is 0 Å². The third kappa shape index (κ3) is 3.70. The molecule has 1 aliphatic heterocycles. The summed E-state index contributed by atoms with van der Waals surface area (Å²) in [7, 11) is 0. The number of nitrogens with zero attached hydrogens (tertiary/aromatic N) is 2. The highest BCUT2D eigenvalue weighted by molar-refractivity contribution is 5.87. The molecule has 0 aromatic carbocycles. The second kappa shape index (κ2) is 6.18. The molecule has 5 nitrogen and oxygen atoms in total. The van der Waals surface area contributed by atoms with Crippen LogP contribution in [0.25, 0.3) is 0 Å². The average molecular weight is 253 g/mol. The zero-order valence-electron chi connectivity index (χ0n) is 11.1. The highest BCUT2D eigenvalue weighted by Gasteiger charge is 2.26. The number of carbonyl (C=O) groups is 1. The van der Waals surface area contributed by atoms with Crippen molar-refractivity contribution in [2.45, 2.75) is 45.1 Å². The molecule has 1 amide bonds. The van der Waals surface area contributed by atoms with Crippen LogP contribution in [0.1, 0.15) is 39.0 Å². The molecule has 0 spiro atoms. The number of amides is 1. The predicted octanol–water partition coefficient (Wildman–Crippen LogP) is 1.22. The molecular weight excluding hydrogens is 230 g/mol. The Hall–Kier alpha value is -1.10. The van der Waals surface area contributed by atoms with E-state index in [1.807, 2.05) is 0 Å². The minimum atomic E-state index is 0.173. The molecule has 2 aliphatic rings. The van der Waals surface area contributed by atoms with Crippen molar-refractivity contribution >= 4 is 11.6 Å². The van der Waals surface area contributed by atoms with Gasteiger partial charge in [0, 0.05) is 44.4 Å². The van der Waals surface area contributed by atoms with Gasteiger partial charge in [0.1, 0.15) is 0 Å². The Kier molecular flexibility index (Phi) is 4.58. The Morgan fingerprint density at radius 1 is 1.56 bits per heavy atom. The molecule has 0 radical (unpaired) electrons. The summed E-state index contributed by atoms with van der Waals surface area (Å²) in [5.74, 6) is 0.516. The van der Waals surface area contributed by atoms with Gasteiger partial charge in [0.05, 0.1) is 5.71 Å². The number of rotatable bonds is 5. The summed E-state index contributed by atoms with van der Waals surface area (Å²) >= 11 is 0. The Labute approximate surface area is 108 Å². The van der Waals surface area contributed by atoms with E-state index in [1.54, 1.807) is 0 Å². The van der Waals surface area contributed by atoms with Crippen molar-refractivity contribution < 1.29 is 10.0 Å². The Morgan fingerprint density at radius 2 is 2.33 bits per heavy atom. The third-order valence-electron chi connectivity index (χ3n) is 3.85. The number of piperidine rings is 1. The van der Waals surface area contributed by atoms with E-state index in [0.29, 0.717) is 18.4 Å². The lowest BCUT2D eigenvalue weighted by Crippen LogP contribution is -2.42. The second-order valence-electron chi connectivity index (χ2n) is 5.34. The fourth-order valence-corrected chi connectivity index (χ4v) is 2.47. The lowest BCUT2D eigenvalue weighted by molar-refractivity contribution is -0.121. The van der Waals surface area contributed by atoms with E-state index in [9.17, 15) is 4.79 Å². The maximum absolute atomic E-state index is 11.6. The lowest BCUT2D eigenvalue weighted by atomic mass is 9.93. The Balaban J connectivity index is 1.71. The van der Waals surface area contributed by atoms with Crippen LogP contribution >= 0.6 is 0 Å². The van der Waals surface area contributed by atoms with Gasteiger partial charge < -0.3 is 15.4 Å². The topological polar surface area (TPSA) is 64.9 Å². The van der Waals surface area contributed by atoms with Gasteiger partial charge in [-0.1, -0.05) is 12.1 Å². The maximum atomic E-state index is 11.6. The van der Waals surface area contributed by atoms with Gasteiger partial charge in [-0.2, -0.15) is 0 Å². The van der Waals surface area contributed by atoms with E-state index in [-0.39, 0.29) is 5.91 Å². The molecule has 1 atom stereocenters. The Morgan fingerprint density at radius 3 is 2.94 bits per heavy atom. The van der Waals surface area contributed by atoms with Gasteiger partial charge >= 0.3 is 0 Å². The van der Waals surface area contributed by atoms with Gasteiger partial charge in [-0.3, -0.25) is 4.79 Å². The van der Waals surface area contributed by atoms with E-state index in [1.165, 1.54) is 0 Å². The van der Waals surface area contributed by atoms with E-state index in [0.717, 1.165) is 51.0 Å². The van der Waals surface area contributed by atoms with Crippen LogP contribution in [0.15, 0.2) is 5.16 Å². The predicted molar refractivity (Wildman–Crippen MR) is 69.8 cm³/mol. The van der Waals surface area contributed by atoms with E-state index in [2.05, 4.69) is 22.3 Å². The molecule has 2 N–H and O–H groups in total. The van der Waals surface area contributed by atoms with Gasteiger partial charge in [0.15, 0.2) is 0 Å². The van der Waals surface area contributed by atoms with Crippen molar-refractivity contribution in [2.75, 3.05) is 19.6 Å². The quantitative estimate of drug-likeness (QED) is 0.572. The first-order valence-corrected chi connectivity index (χ1v) is 6.95. The molecule has 1 heterocycles. The van der Waals surface area contributed by atoms with Crippen molar-refractivity contribution in [3.63, 3.8) is 0 Å². The van der Waals surface area contributed by atoms with E-state index in [4.69, 9.17) is 5.21 Å². The highest BCUT2D eigenvalue weighted by Crippen LogP contribution is 2.19. The van der Waals surface area contributed by atoms with Crippen molar-refractivity contribution in [2.24, 2.45) is 11.1 Å². The number of oxime groups is 1. The van der Waals surface area contributed by atoms with Crippen LogP contribution < -0.4 is 5.32 Å². The average Bonchev–Trinajstić information content (AvgIpc) is 3.19. The number of nitrogens with one attached hydrogen (secondary N) is 1. The molecule has 2 rings (SSSR count). The largest absolute Gasteiger partial charge is 0.411 e. The monoisotopic (exact) mass is 253 g/mol. The van der Waals surface area contributed by atoms with Crippen LogP contribution in [0, 0.1) is 5.92 Å². The minimum absolute atomic E-state index is 0.173. The van der Waals surface area contributed by atoms with Gasteiger partial charge in [-0.05, 0) is 19.3 Å². The Bertz CT molecular complexity index is 326. The summed E-state index contributed by atoms with van der Waals surface area (Å²) in [5, 5.41) is 15.3. The van der Waals surface area contributed by atoms with Crippen LogP contribution in [0.3, 0.4) is 0 Å². The number of hydrogen-bond acceptors (Lipinski definition) is 4. The molecule has 0 bridgehead atoms. The third-order valence-corrected chi connectivity index (χ3v) is 3.85. The second-order valence-corrected chi connectivity index (χ2v) is 5.34. The molecule has 1 aliphatic carbocycles. The molecule has 0 aromatic rings. The molecule has 5 heteroatoms. The van der Waals surface area contributed by atoms with Crippen LogP contribution in [0.5, 0.6) is 0 Å². The molecule has 2 fully saturated rings. The number of carbonyl (C=O) groups excluding carboxylic acids is 1. The summed E-state index contributed by atoms with van der Waals surface area (Å²) in [6, 6.07) is 0.454. The normalized spacial score (nSPS) is 27.4. The van der Waals surface area contributed by atoms with Gasteiger partial charge in [-0.15, -0.1) is 0 Å². The molecule has 1 saturated heterocycles. The molecule has 102 valence electrons. The summed E-state index contributed by atoms with van der Waals surface area (Å²) in [4.78, 5) is 13.9. The minimum Gasteiger partial charge on any atom is -0.411 e. The first-order valence-electron chi connectivity index (χ1n) is 6.95.